The molecule has 1 rings (SSSR count). The lowest BCUT2D eigenvalue weighted by Crippen LogP contribution is -2.30. The lowest BCUT2D eigenvalue weighted by molar-refractivity contribution is 0.0828. The van der Waals surface area contributed by atoms with Crippen molar-refractivity contribution in [1.29, 1.82) is 0 Å². The van der Waals surface area contributed by atoms with Gasteiger partial charge in [-0.2, -0.15) is 0 Å². The highest BCUT2D eigenvalue weighted by Crippen LogP contribution is 2.17. The molecule has 0 spiro atoms. The Morgan fingerprint density at radius 1 is 1.44 bits per heavy atom. The summed E-state index contributed by atoms with van der Waals surface area (Å²) in [5, 5.41) is 3.36. The summed E-state index contributed by atoms with van der Waals surface area (Å²) in [6.07, 6.45) is 7.56. The average molecular weight is 229 g/mol. The molecule has 3 nitrogen and oxygen atoms in total. The summed E-state index contributed by atoms with van der Waals surface area (Å²) in [5.74, 6) is 0. The van der Waals surface area contributed by atoms with E-state index in [0.717, 1.165) is 32.7 Å². The van der Waals surface area contributed by atoms with E-state index in [1.165, 1.54) is 25.7 Å². The first kappa shape index (κ1) is 13.9. The Morgan fingerprint density at radius 2 is 2.31 bits per heavy atom. The molecule has 1 saturated heterocycles. The van der Waals surface area contributed by atoms with Crippen LogP contribution in [0.4, 0.5) is 0 Å². The van der Waals surface area contributed by atoms with Crippen LogP contribution in [0.25, 0.3) is 0 Å². The van der Waals surface area contributed by atoms with E-state index in [1.54, 1.807) is 0 Å². The smallest absolute Gasteiger partial charge is 0.0590 e. The van der Waals surface area contributed by atoms with Crippen LogP contribution in [-0.2, 0) is 9.47 Å². The van der Waals surface area contributed by atoms with Gasteiger partial charge in [0, 0.05) is 25.9 Å². The van der Waals surface area contributed by atoms with Gasteiger partial charge in [0.25, 0.3) is 0 Å². The number of hydrogen-bond donors (Lipinski definition) is 1. The Morgan fingerprint density at radius 3 is 2.94 bits per heavy atom. The molecule has 16 heavy (non-hydrogen) atoms. The van der Waals surface area contributed by atoms with Crippen molar-refractivity contribution in [3.05, 3.63) is 0 Å². The summed E-state index contributed by atoms with van der Waals surface area (Å²) in [6.45, 7) is 4.93. The van der Waals surface area contributed by atoms with Gasteiger partial charge in [-0.15, -0.1) is 0 Å². The highest BCUT2D eigenvalue weighted by atomic mass is 16.5. The van der Waals surface area contributed by atoms with Gasteiger partial charge in [-0.1, -0.05) is 13.3 Å². The van der Waals surface area contributed by atoms with Crippen LogP contribution in [0.1, 0.15) is 45.4 Å². The summed E-state index contributed by atoms with van der Waals surface area (Å²) < 4.78 is 11.2. The molecule has 1 aliphatic rings. The predicted octanol–water partition coefficient (Wildman–Crippen LogP) is 2.35. The van der Waals surface area contributed by atoms with Gasteiger partial charge in [0.1, 0.15) is 0 Å². The largest absolute Gasteiger partial charge is 0.381 e. The number of unbranched alkanes of at least 4 members (excludes halogenated alkanes) is 1. The molecule has 96 valence electrons. The molecule has 0 radical (unpaired) electrons. The van der Waals surface area contributed by atoms with Crippen LogP contribution in [0.5, 0.6) is 0 Å². The van der Waals surface area contributed by atoms with Crippen LogP contribution in [0.2, 0.25) is 0 Å². The fraction of sp³-hybridized carbons (Fsp3) is 1.00. The predicted molar refractivity (Wildman–Crippen MR) is 66.8 cm³/mol. The highest BCUT2D eigenvalue weighted by Gasteiger charge is 2.19. The average Bonchev–Trinajstić information content (AvgIpc) is 2.80. The molecule has 0 aromatic rings. The van der Waals surface area contributed by atoms with Crippen molar-refractivity contribution in [3.8, 4) is 0 Å². The number of ether oxygens (including phenoxy) is 2. The second kappa shape index (κ2) is 8.97. The summed E-state index contributed by atoms with van der Waals surface area (Å²) >= 11 is 0. The summed E-state index contributed by atoms with van der Waals surface area (Å²) in [4.78, 5) is 0. The van der Waals surface area contributed by atoms with E-state index >= 15 is 0 Å². The molecule has 0 aromatic heterocycles. The van der Waals surface area contributed by atoms with Gasteiger partial charge in [0.2, 0.25) is 0 Å². The summed E-state index contributed by atoms with van der Waals surface area (Å²) in [5.41, 5.74) is 0. The zero-order chi connectivity index (χ0) is 11.6. The van der Waals surface area contributed by atoms with Gasteiger partial charge in [-0.3, -0.25) is 0 Å². The highest BCUT2D eigenvalue weighted by molar-refractivity contribution is 4.73. The SMILES string of the molecule is CCCCOCCC(CC1CCCO1)NC. The molecule has 1 fully saturated rings. The maximum Gasteiger partial charge on any atom is 0.0590 e. The standard InChI is InChI=1S/C13H27NO2/c1-3-4-8-15-10-7-12(14-2)11-13-6-5-9-16-13/h12-14H,3-11H2,1-2H3. The van der Waals surface area contributed by atoms with Crippen LogP contribution in [0, 0.1) is 0 Å². The Hall–Kier alpha value is -0.120. The van der Waals surface area contributed by atoms with Crippen molar-refractivity contribution in [2.24, 2.45) is 0 Å². The number of rotatable bonds is 9. The topological polar surface area (TPSA) is 30.5 Å². The van der Waals surface area contributed by atoms with Crippen LogP contribution < -0.4 is 5.32 Å². The molecule has 0 aromatic carbocycles. The molecular formula is C13H27NO2. The summed E-state index contributed by atoms with van der Waals surface area (Å²) in [6, 6.07) is 0.546. The van der Waals surface area contributed by atoms with Crippen molar-refractivity contribution >= 4 is 0 Å². The zero-order valence-electron chi connectivity index (χ0n) is 10.8. The van der Waals surface area contributed by atoms with Crippen molar-refractivity contribution in [2.45, 2.75) is 57.6 Å². The quantitative estimate of drug-likeness (QED) is 0.616. The third kappa shape index (κ3) is 5.83. The van der Waals surface area contributed by atoms with Crippen molar-refractivity contribution < 1.29 is 9.47 Å². The van der Waals surface area contributed by atoms with Crippen LogP contribution in [0.15, 0.2) is 0 Å². The van der Waals surface area contributed by atoms with E-state index in [1.807, 2.05) is 7.05 Å². The molecular weight excluding hydrogens is 202 g/mol. The Bertz CT molecular complexity index is 158. The van der Waals surface area contributed by atoms with E-state index in [9.17, 15) is 0 Å². The van der Waals surface area contributed by atoms with Gasteiger partial charge in [0.05, 0.1) is 6.10 Å². The first-order valence-corrected chi connectivity index (χ1v) is 6.73. The van der Waals surface area contributed by atoms with Crippen molar-refractivity contribution in [1.82, 2.24) is 5.32 Å². The van der Waals surface area contributed by atoms with Crippen LogP contribution in [0.3, 0.4) is 0 Å². The first-order valence-electron chi connectivity index (χ1n) is 6.73. The van der Waals surface area contributed by atoms with Gasteiger partial charge in [0.15, 0.2) is 0 Å². The maximum absolute atomic E-state index is 5.65. The van der Waals surface area contributed by atoms with E-state index in [2.05, 4.69) is 12.2 Å². The van der Waals surface area contributed by atoms with Crippen LogP contribution in [-0.4, -0.2) is 39.0 Å². The fourth-order valence-corrected chi connectivity index (χ4v) is 2.10. The fourth-order valence-electron chi connectivity index (χ4n) is 2.10. The van der Waals surface area contributed by atoms with E-state index < -0.39 is 0 Å². The van der Waals surface area contributed by atoms with Crippen molar-refractivity contribution in [3.63, 3.8) is 0 Å². The van der Waals surface area contributed by atoms with E-state index in [0.29, 0.717) is 12.1 Å². The lowest BCUT2D eigenvalue weighted by atomic mass is 10.0. The molecule has 2 atom stereocenters. The molecule has 1 heterocycles. The second-order valence-corrected chi connectivity index (χ2v) is 4.61. The Labute approximate surface area is 99.9 Å². The summed E-state index contributed by atoms with van der Waals surface area (Å²) in [7, 11) is 2.03. The second-order valence-electron chi connectivity index (χ2n) is 4.61. The minimum absolute atomic E-state index is 0.480. The minimum Gasteiger partial charge on any atom is -0.381 e. The molecule has 2 unspecified atom stereocenters. The molecule has 0 bridgehead atoms. The monoisotopic (exact) mass is 229 g/mol. The van der Waals surface area contributed by atoms with Gasteiger partial charge >= 0.3 is 0 Å². The van der Waals surface area contributed by atoms with Crippen LogP contribution >= 0.6 is 0 Å². The molecule has 0 amide bonds. The van der Waals surface area contributed by atoms with E-state index in [4.69, 9.17) is 9.47 Å². The molecule has 1 aliphatic heterocycles. The first-order chi connectivity index (χ1) is 7.86. The molecule has 0 aliphatic carbocycles. The lowest BCUT2D eigenvalue weighted by Gasteiger charge is -2.19. The third-order valence-corrected chi connectivity index (χ3v) is 3.23. The zero-order valence-corrected chi connectivity index (χ0v) is 10.8. The minimum atomic E-state index is 0.480. The van der Waals surface area contributed by atoms with Crippen molar-refractivity contribution in [2.75, 3.05) is 26.9 Å². The molecule has 1 N–H and O–H groups in total. The van der Waals surface area contributed by atoms with E-state index in [-0.39, 0.29) is 0 Å². The molecule has 0 saturated carbocycles. The van der Waals surface area contributed by atoms with Gasteiger partial charge in [-0.25, -0.2) is 0 Å². The maximum atomic E-state index is 5.65. The third-order valence-electron chi connectivity index (χ3n) is 3.23. The number of hydrogen-bond acceptors (Lipinski definition) is 3. The number of nitrogens with one attached hydrogen (secondary N) is 1. The van der Waals surface area contributed by atoms with Gasteiger partial charge in [-0.05, 0) is 39.2 Å². The molecule has 3 heteroatoms. The Balaban J connectivity index is 2.01. The normalized spacial score (nSPS) is 22.5. The Kier molecular flexibility index (Phi) is 7.81. The van der Waals surface area contributed by atoms with Gasteiger partial charge < -0.3 is 14.8 Å².